The molecule has 5 N–H and O–H groups in total. The van der Waals surface area contributed by atoms with Gasteiger partial charge < -0.3 is 21.5 Å². The van der Waals surface area contributed by atoms with Gasteiger partial charge in [-0.05, 0) is 25.7 Å². The second-order valence-electron chi connectivity index (χ2n) is 9.79. The van der Waals surface area contributed by atoms with Crippen LogP contribution in [0.2, 0.25) is 0 Å². The summed E-state index contributed by atoms with van der Waals surface area (Å²) >= 11 is 0. The average molecular weight is 497 g/mol. The van der Waals surface area contributed by atoms with Crippen LogP contribution in [0.5, 0.6) is 0 Å². The van der Waals surface area contributed by atoms with Gasteiger partial charge in [-0.2, -0.15) is 0 Å². The highest BCUT2D eigenvalue weighted by atomic mass is 16.5. The molecule has 0 fully saturated rings. The lowest BCUT2D eigenvalue weighted by atomic mass is 10.1. The van der Waals surface area contributed by atoms with Gasteiger partial charge in [-0.15, -0.1) is 0 Å². The van der Waals surface area contributed by atoms with Crippen molar-refractivity contribution in [3.05, 3.63) is 0 Å². The predicted molar refractivity (Wildman–Crippen MR) is 147 cm³/mol. The van der Waals surface area contributed by atoms with E-state index in [9.17, 15) is 9.59 Å². The van der Waals surface area contributed by atoms with E-state index in [0.29, 0.717) is 32.4 Å². The molecular formula is C28H56N4O3. The van der Waals surface area contributed by atoms with Crippen molar-refractivity contribution in [1.29, 1.82) is 0 Å². The predicted octanol–water partition coefficient (Wildman–Crippen LogP) is 6.13. The summed E-state index contributed by atoms with van der Waals surface area (Å²) in [7, 11) is 0. The molecule has 0 aromatic rings. The Balaban J connectivity index is 4.07. The number of nitrogens with two attached hydrogens (primary N) is 2. The second-order valence-corrected chi connectivity index (χ2v) is 9.79. The molecule has 0 aromatic carbocycles. The molecule has 0 aliphatic heterocycles. The van der Waals surface area contributed by atoms with Gasteiger partial charge in [0.05, 0.1) is 6.61 Å². The number of nitrogens with one attached hydrogen (secondary N) is 1. The Labute approximate surface area is 215 Å². The van der Waals surface area contributed by atoms with Crippen LogP contribution in [0.25, 0.3) is 0 Å². The molecule has 0 unspecified atom stereocenters. The molecule has 206 valence electrons. The van der Waals surface area contributed by atoms with Gasteiger partial charge >= 0.3 is 5.97 Å². The van der Waals surface area contributed by atoms with Crippen molar-refractivity contribution in [2.45, 2.75) is 148 Å². The summed E-state index contributed by atoms with van der Waals surface area (Å²) in [5, 5.41) is 2.87. The number of ether oxygens (including phenoxy) is 1. The molecule has 0 aromatic heterocycles. The van der Waals surface area contributed by atoms with Gasteiger partial charge in [0.2, 0.25) is 5.91 Å². The van der Waals surface area contributed by atoms with E-state index in [1.54, 1.807) is 0 Å². The summed E-state index contributed by atoms with van der Waals surface area (Å²) in [6.45, 7) is 5.26. The molecule has 1 amide bonds. The Hall–Kier alpha value is -1.79. The van der Waals surface area contributed by atoms with Crippen LogP contribution in [0.1, 0.15) is 142 Å². The summed E-state index contributed by atoms with van der Waals surface area (Å²) in [4.78, 5) is 28.9. The first kappa shape index (κ1) is 33.2. The maximum absolute atomic E-state index is 12.6. The van der Waals surface area contributed by atoms with Crippen LogP contribution in [0.4, 0.5) is 0 Å². The van der Waals surface area contributed by atoms with Gasteiger partial charge in [-0.1, -0.05) is 110 Å². The van der Waals surface area contributed by atoms with Crippen molar-refractivity contribution in [3.63, 3.8) is 0 Å². The number of nitrogens with zero attached hydrogens (tertiary/aromatic N) is 1. The highest BCUT2D eigenvalue weighted by molar-refractivity contribution is 5.84. The fourth-order valence-corrected chi connectivity index (χ4v) is 4.12. The third kappa shape index (κ3) is 23.7. The van der Waals surface area contributed by atoms with Crippen molar-refractivity contribution < 1.29 is 14.3 Å². The van der Waals surface area contributed by atoms with E-state index < -0.39 is 6.04 Å². The number of carbonyl (C=O) groups is 2. The van der Waals surface area contributed by atoms with Gasteiger partial charge in [0.15, 0.2) is 5.96 Å². The summed E-state index contributed by atoms with van der Waals surface area (Å²) in [5.41, 5.74) is 10.7. The zero-order chi connectivity index (χ0) is 26.0. The first-order valence-electron chi connectivity index (χ1n) is 14.5. The van der Waals surface area contributed by atoms with Crippen molar-refractivity contribution in [3.8, 4) is 0 Å². The molecule has 0 aliphatic rings. The Morgan fingerprint density at radius 1 is 0.714 bits per heavy atom. The second kappa shape index (κ2) is 25.3. The molecule has 0 bridgehead atoms. The van der Waals surface area contributed by atoms with Crippen molar-refractivity contribution in [2.24, 2.45) is 16.5 Å². The number of guanidine groups is 1. The highest BCUT2D eigenvalue weighted by Crippen LogP contribution is 2.12. The van der Waals surface area contributed by atoms with Crippen molar-refractivity contribution >= 4 is 17.8 Å². The van der Waals surface area contributed by atoms with Gasteiger partial charge in [0.1, 0.15) is 6.04 Å². The van der Waals surface area contributed by atoms with Crippen LogP contribution in [-0.4, -0.2) is 37.0 Å². The normalized spacial score (nSPS) is 11.7. The van der Waals surface area contributed by atoms with E-state index in [1.165, 1.54) is 77.0 Å². The molecule has 0 aliphatic carbocycles. The van der Waals surface area contributed by atoms with Crippen LogP contribution in [0, 0.1) is 0 Å². The van der Waals surface area contributed by atoms with E-state index in [-0.39, 0.29) is 17.8 Å². The van der Waals surface area contributed by atoms with Crippen molar-refractivity contribution in [2.75, 3.05) is 13.2 Å². The lowest BCUT2D eigenvalue weighted by Gasteiger charge is -2.17. The van der Waals surface area contributed by atoms with Gasteiger partial charge in [-0.25, -0.2) is 4.79 Å². The molecule has 1 atom stereocenters. The minimum atomic E-state index is -0.635. The first-order chi connectivity index (χ1) is 17.0. The van der Waals surface area contributed by atoms with Gasteiger partial charge in [-0.3, -0.25) is 9.79 Å². The maximum Gasteiger partial charge on any atom is 0.328 e. The SMILES string of the molecule is CCCCCCCCCCCCCCOC(=O)[C@H](CCCN=C(N)N)NC(=O)CCCCCCC. The average Bonchev–Trinajstić information content (AvgIpc) is 2.83. The number of rotatable bonds is 25. The number of hydrogen-bond acceptors (Lipinski definition) is 4. The molecule has 7 heteroatoms. The van der Waals surface area contributed by atoms with Crippen LogP contribution in [0.15, 0.2) is 4.99 Å². The van der Waals surface area contributed by atoms with E-state index in [0.717, 1.165) is 32.1 Å². The summed E-state index contributed by atoms with van der Waals surface area (Å²) in [6.07, 6.45) is 22.1. The zero-order valence-electron chi connectivity index (χ0n) is 23.0. The first-order valence-corrected chi connectivity index (χ1v) is 14.5. The Bertz CT molecular complexity index is 536. The molecule has 0 saturated heterocycles. The molecule has 7 nitrogen and oxygen atoms in total. The van der Waals surface area contributed by atoms with Crippen LogP contribution in [0.3, 0.4) is 0 Å². The molecule has 35 heavy (non-hydrogen) atoms. The lowest BCUT2D eigenvalue weighted by molar-refractivity contribution is -0.148. The number of hydrogen-bond donors (Lipinski definition) is 3. The van der Waals surface area contributed by atoms with E-state index in [1.807, 2.05) is 0 Å². The van der Waals surface area contributed by atoms with E-state index >= 15 is 0 Å². The minimum absolute atomic E-state index is 0.0345. The fraction of sp³-hybridized carbons (Fsp3) is 0.893. The standard InChI is InChI=1S/C28H56N4O3/c1-3-5-7-9-10-11-12-13-14-15-17-19-24-35-27(34)25(21-20-23-31-28(29)30)32-26(33)22-18-16-8-6-4-2/h25H,3-24H2,1-2H3,(H,32,33)(H4,29,30,31)/t25-/m0/s1. The highest BCUT2D eigenvalue weighted by Gasteiger charge is 2.21. The zero-order valence-corrected chi connectivity index (χ0v) is 23.0. The smallest absolute Gasteiger partial charge is 0.328 e. The lowest BCUT2D eigenvalue weighted by Crippen LogP contribution is -2.42. The third-order valence-corrected chi connectivity index (χ3v) is 6.31. The molecule has 0 heterocycles. The number of unbranched alkanes of at least 4 members (excludes halogenated alkanes) is 15. The topological polar surface area (TPSA) is 120 Å². The van der Waals surface area contributed by atoms with Crippen LogP contribution >= 0.6 is 0 Å². The van der Waals surface area contributed by atoms with Crippen molar-refractivity contribution in [1.82, 2.24) is 5.32 Å². The molecule has 0 rings (SSSR count). The van der Waals surface area contributed by atoms with Crippen LogP contribution < -0.4 is 16.8 Å². The van der Waals surface area contributed by atoms with Crippen LogP contribution in [-0.2, 0) is 14.3 Å². The molecular weight excluding hydrogens is 440 g/mol. The molecule has 0 saturated carbocycles. The third-order valence-electron chi connectivity index (χ3n) is 6.31. The number of amides is 1. The van der Waals surface area contributed by atoms with E-state index in [2.05, 4.69) is 24.2 Å². The molecule has 0 spiro atoms. The maximum atomic E-state index is 12.6. The Kier molecular flexibility index (Phi) is 24.0. The largest absolute Gasteiger partial charge is 0.464 e. The van der Waals surface area contributed by atoms with Gasteiger partial charge in [0, 0.05) is 13.0 Å². The Morgan fingerprint density at radius 3 is 1.71 bits per heavy atom. The number of aliphatic imine (C=N–C) groups is 1. The summed E-state index contributed by atoms with van der Waals surface area (Å²) < 4.78 is 5.49. The molecule has 0 radical (unpaired) electrons. The van der Waals surface area contributed by atoms with E-state index in [4.69, 9.17) is 16.2 Å². The minimum Gasteiger partial charge on any atom is -0.464 e. The number of esters is 1. The Morgan fingerprint density at radius 2 is 1.20 bits per heavy atom. The summed E-state index contributed by atoms with van der Waals surface area (Å²) in [5.74, 6) is -0.403. The summed E-state index contributed by atoms with van der Waals surface area (Å²) in [6, 6.07) is -0.635. The fourth-order valence-electron chi connectivity index (χ4n) is 4.12. The quantitative estimate of drug-likeness (QED) is 0.0608. The monoisotopic (exact) mass is 496 g/mol. The van der Waals surface area contributed by atoms with Gasteiger partial charge in [0.25, 0.3) is 0 Å². The number of carbonyl (C=O) groups excluding carboxylic acids is 2.